The molecule has 0 unspecified atom stereocenters. The molecule has 0 saturated heterocycles. The van der Waals surface area contributed by atoms with Crippen LogP contribution >= 0.6 is 11.6 Å². The monoisotopic (exact) mass is 535 g/mol. The highest BCUT2D eigenvalue weighted by Gasteiger charge is 2.29. The van der Waals surface area contributed by atoms with Crippen molar-refractivity contribution in [2.45, 2.75) is 18.9 Å². The first-order valence-electron chi connectivity index (χ1n) is 11.2. The molecule has 1 atom stereocenters. The third-order valence-corrected chi connectivity index (χ3v) is 6.30. The predicted octanol–water partition coefficient (Wildman–Crippen LogP) is 2.89. The van der Waals surface area contributed by atoms with Crippen LogP contribution in [-0.2, 0) is 11.2 Å². The second-order valence-corrected chi connectivity index (χ2v) is 8.72. The number of fused-ring (bicyclic) bond motifs is 1. The Hall–Kier alpha value is -4.91. The highest BCUT2D eigenvalue weighted by molar-refractivity contribution is 6.31. The zero-order valence-corrected chi connectivity index (χ0v) is 20.2. The molecule has 12 nitrogen and oxygen atoms in total. The molecule has 38 heavy (non-hydrogen) atoms. The average molecular weight is 536 g/mol. The van der Waals surface area contributed by atoms with Crippen LogP contribution in [0.3, 0.4) is 0 Å². The largest absolute Gasteiger partial charge is 0.483 e. The van der Waals surface area contributed by atoms with Gasteiger partial charge in [0.15, 0.2) is 0 Å². The van der Waals surface area contributed by atoms with Gasteiger partial charge in [0.25, 0.3) is 12.0 Å². The van der Waals surface area contributed by atoms with Gasteiger partial charge in [-0.1, -0.05) is 11.6 Å². The summed E-state index contributed by atoms with van der Waals surface area (Å²) in [6.45, 7) is -0.250. The first kappa shape index (κ1) is 24.8. The number of nitrogens with one attached hydrogen (secondary N) is 1. The van der Waals surface area contributed by atoms with Crippen molar-refractivity contribution in [1.29, 1.82) is 0 Å². The zero-order valence-electron chi connectivity index (χ0n) is 19.5. The molecule has 1 aromatic carbocycles. The fraction of sp³-hybridized carbons (Fsp3) is 0.125. The van der Waals surface area contributed by atoms with E-state index in [4.69, 9.17) is 27.2 Å². The average Bonchev–Trinajstić information content (AvgIpc) is 3.65. The van der Waals surface area contributed by atoms with Crippen molar-refractivity contribution in [2.24, 2.45) is 0 Å². The molecule has 0 bridgehead atoms. The number of imidazole rings is 1. The molecule has 0 spiro atoms. The van der Waals surface area contributed by atoms with Gasteiger partial charge in [0.2, 0.25) is 5.95 Å². The fourth-order valence-electron chi connectivity index (χ4n) is 4.49. The number of benzene rings is 1. The number of rotatable bonds is 4. The van der Waals surface area contributed by atoms with Gasteiger partial charge in [-0.3, -0.25) is 9.59 Å². The molecule has 5 aromatic rings. The van der Waals surface area contributed by atoms with Crippen LogP contribution in [0.2, 0.25) is 5.02 Å². The molecule has 0 aliphatic carbocycles. The number of tetrazole rings is 1. The van der Waals surface area contributed by atoms with Crippen molar-refractivity contribution >= 4 is 23.9 Å². The molecule has 0 amide bonds. The number of halogens is 2. The Morgan fingerprint density at radius 1 is 1.18 bits per heavy atom. The minimum Gasteiger partial charge on any atom is -0.483 e. The summed E-state index contributed by atoms with van der Waals surface area (Å²) in [4.78, 5) is 32.8. The van der Waals surface area contributed by atoms with Gasteiger partial charge < -0.3 is 20.4 Å². The van der Waals surface area contributed by atoms with Crippen LogP contribution in [0.25, 0.3) is 28.1 Å². The number of hydrogen-bond donors (Lipinski definition) is 3. The van der Waals surface area contributed by atoms with E-state index in [-0.39, 0.29) is 17.7 Å². The molecule has 192 valence electrons. The van der Waals surface area contributed by atoms with E-state index < -0.39 is 12.0 Å². The summed E-state index contributed by atoms with van der Waals surface area (Å²) in [7, 11) is 0. The Morgan fingerprint density at radius 2 is 2.00 bits per heavy atom. The standard InChI is InChI=1S/C23H17ClFN9O.CH2O2/c24-14-2-4-17(33-11-28-31-32-33)16(9-14)13-7-15-3-5-18(34(15)20(35)8-13)23-29-21(22(25)30-23)12-1-6-19(26)27-10-12;2-1-3/h1-2,4,6-11,18H,3,5H2,(H2,26,27)(H,29,30);1H,(H,2,3)/t18-;/m0./s1. The third kappa shape index (κ3) is 4.62. The number of hydrogen-bond acceptors (Lipinski definition) is 8. The third-order valence-electron chi connectivity index (χ3n) is 6.07. The summed E-state index contributed by atoms with van der Waals surface area (Å²) in [6, 6.07) is 11.6. The number of anilines is 1. The van der Waals surface area contributed by atoms with E-state index in [1.807, 2.05) is 6.07 Å². The number of pyridine rings is 2. The first-order valence-corrected chi connectivity index (χ1v) is 11.6. The minimum atomic E-state index is -0.658. The number of carbonyl (C=O) groups is 1. The molecular formula is C24H19ClFN9O3. The maximum absolute atomic E-state index is 14.7. The number of aromatic amines is 1. The van der Waals surface area contributed by atoms with Crippen LogP contribution in [0.5, 0.6) is 0 Å². The first-order chi connectivity index (χ1) is 18.4. The molecule has 4 aromatic heterocycles. The summed E-state index contributed by atoms with van der Waals surface area (Å²) in [6.07, 6.45) is 4.17. The van der Waals surface area contributed by atoms with Crippen LogP contribution in [-0.4, -0.2) is 51.3 Å². The molecule has 1 aliphatic heterocycles. The minimum absolute atomic E-state index is 0.204. The molecule has 0 radical (unpaired) electrons. The van der Waals surface area contributed by atoms with Gasteiger partial charge in [-0.15, -0.1) is 5.10 Å². The van der Waals surface area contributed by atoms with Crippen molar-refractivity contribution < 1.29 is 14.3 Å². The van der Waals surface area contributed by atoms with Crippen LogP contribution in [0.15, 0.2) is 59.8 Å². The van der Waals surface area contributed by atoms with Crippen molar-refractivity contribution in [1.82, 2.24) is 39.7 Å². The molecule has 6 rings (SSSR count). The van der Waals surface area contributed by atoms with E-state index in [0.717, 1.165) is 11.3 Å². The lowest BCUT2D eigenvalue weighted by atomic mass is 10.0. The van der Waals surface area contributed by atoms with Crippen molar-refractivity contribution in [2.75, 3.05) is 5.73 Å². The van der Waals surface area contributed by atoms with Gasteiger partial charge in [-0.25, -0.2) is 9.97 Å². The van der Waals surface area contributed by atoms with Crippen molar-refractivity contribution in [3.63, 3.8) is 0 Å². The second-order valence-electron chi connectivity index (χ2n) is 8.28. The van der Waals surface area contributed by atoms with Crippen molar-refractivity contribution in [3.05, 3.63) is 87.8 Å². The van der Waals surface area contributed by atoms with Crippen LogP contribution in [0.4, 0.5) is 10.2 Å². The van der Waals surface area contributed by atoms with Gasteiger partial charge in [0, 0.05) is 34.1 Å². The highest BCUT2D eigenvalue weighted by atomic mass is 35.5. The SMILES string of the molecule is Nc1ccc(-c2[nH]c([C@@H]3CCc4cc(-c5cc(Cl)ccc5-n5cnnn5)cc(=O)n43)nc2F)cn1.O=CO. The van der Waals surface area contributed by atoms with Crippen LogP contribution in [0, 0.1) is 5.95 Å². The second kappa shape index (κ2) is 10.2. The highest BCUT2D eigenvalue weighted by Crippen LogP contribution is 2.34. The fourth-order valence-corrected chi connectivity index (χ4v) is 4.66. The molecule has 4 N–H and O–H groups in total. The number of nitrogens with zero attached hydrogens (tertiary/aromatic N) is 7. The van der Waals surface area contributed by atoms with E-state index in [1.54, 1.807) is 34.9 Å². The lowest BCUT2D eigenvalue weighted by molar-refractivity contribution is -0.122. The molecular weight excluding hydrogens is 517 g/mol. The van der Waals surface area contributed by atoms with Crippen LogP contribution in [0.1, 0.15) is 24.0 Å². The molecule has 14 heteroatoms. The zero-order chi connectivity index (χ0) is 26.8. The number of nitrogens with two attached hydrogens (primary N) is 1. The van der Waals surface area contributed by atoms with Gasteiger partial charge in [-0.05, 0) is 65.2 Å². The smallest absolute Gasteiger partial charge is 0.290 e. The van der Waals surface area contributed by atoms with E-state index in [2.05, 4.69) is 30.5 Å². The molecule has 0 saturated carbocycles. The Kier molecular flexibility index (Phi) is 6.66. The Bertz CT molecular complexity index is 1670. The Balaban J connectivity index is 0.000000937. The summed E-state index contributed by atoms with van der Waals surface area (Å²) in [5.74, 6) is 0.0543. The Morgan fingerprint density at radius 3 is 2.71 bits per heavy atom. The summed E-state index contributed by atoms with van der Waals surface area (Å²) in [5, 5.41) is 18.8. The molecule has 1 aliphatic rings. The van der Waals surface area contributed by atoms with E-state index in [9.17, 15) is 9.18 Å². The maximum atomic E-state index is 14.7. The Labute approximate surface area is 218 Å². The topological polar surface area (TPSA) is 170 Å². The number of H-pyrrole nitrogens is 1. The molecule has 0 fully saturated rings. The quantitative estimate of drug-likeness (QED) is 0.293. The van der Waals surface area contributed by atoms with Crippen LogP contribution < -0.4 is 11.3 Å². The van der Waals surface area contributed by atoms with Gasteiger partial charge in [-0.2, -0.15) is 9.07 Å². The van der Waals surface area contributed by atoms with Gasteiger partial charge in [0.05, 0.1) is 11.7 Å². The van der Waals surface area contributed by atoms with Gasteiger partial charge >= 0.3 is 0 Å². The van der Waals surface area contributed by atoms with Gasteiger partial charge in [0.1, 0.15) is 23.7 Å². The lowest BCUT2D eigenvalue weighted by Crippen LogP contribution is -2.24. The molecule has 5 heterocycles. The maximum Gasteiger partial charge on any atom is 0.290 e. The summed E-state index contributed by atoms with van der Waals surface area (Å²) < 4.78 is 17.9. The van der Waals surface area contributed by atoms with E-state index >= 15 is 0 Å². The summed E-state index contributed by atoms with van der Waals surface area (Å²) in [5.41, 5.74) is 9.04. The number of carboxylic acid groups (broad SMARTS) is 1. The van der Waals surface area contributed by atoms with E-state index in [0.29, 0.717) is 46.3 Å². The number of aromatic nitrogens is 8. The predicted molar refractivity (Wildman–Crippen MR) is 135 cm³/mol. The normalized spacial score (nSPS) is 14.0. The lowest BCUT2D eigenvalue weighted by Gasteiger charge is -2.15. The number of nitrogen functional groups attached to an aromatic ring is 1. The summed E-state index contributed by atoms with van der Waals surface area (Å²) >= 11 is 6.26. The van der Waals surface area contributed by atoms with E-state index in [1.165, 1.54) is 23.3 Å². The van der Waals surface area contributed by atoms with Crippen molar-refractivity contribution in [3.8, 4) is 28.1 Å². The number of aryl methyl sites for hydroxylation is 1.